The van der Waals surface area contributed by atoms with Gasteiger partial charge in [0.1, 0.15) is 0 Å². The topological polar surface area (TPSA) is 139 Å². The lowest BCUT2D eigenvalue weighted by Gasteiger charge is -2.12. The highest BCUT2D eigenvalue weighted by atomic mass is 16.7. The molecule has 0 radical (unpaired) electrons. The molecule has 128 valence electrons. The summed E-state index contributed by atoms with van der Waals surface area (Å²) < 4.78 is 9.40. The first kappa shape index (κ1) is 20.3. The van der Waals surface area contributed by atoms with E-state index in [-0.39, 0.29) is 19.2 Å². The molecule has 0 aromatic rings. The minimum Gasteiger partial charge on any atom is -0.478 e. The highest BCUT2D eigenvalue weighted by molar-refractivity contribution is 5.89. The van der Waals surface area contributed by atoms with E-state index >= 15 is 0 Å². The van der Waals surface area contributed by atoms with Crippen LogP contribution < -0.4 is 5.32 Å². The Morgan fingerprint density at radius 2 is 1.78 bits per heavy atom. The van der Waals surface area contributed by atoms with Crippen LogP contribution in [0.15, 0.2) is 23.8 Å². The molecule has 0 aliphatic carbocycles. The molecular weight excluding hydrogens is 310 g/mol. The lowest BCUT2D eigenvalue weighted by Crippen LogP contribution is -2.24. The van der Waals surface area contributed by atoms with Crippen LogP contribution in [0.2, 0.25) is 0 Å². The first-order valence-corrected chi connectivity index (χ1v) is 6.73. The van der Waals surface area contributed by atoms with E-state index in [1.165, 1.54) is 0 Å². The summed E-state index contributed by atoms with van der Waals surface area (Å²) in [6.45, 7) is 2.84. The zero-order valence-electron chi connectivity index (χ0n) is 12.6. The summed E-state index contributed by atoms with van der Waals surface area (Å²) in [4.78, 5) is 41.2. The van der Waals surface area contributed by atoms with Crippen molar-refractivity contribution >= 4 is 23.9 Å². The number of hydrogen-bond donors (Lipinski definition) is 3. The Hall–Kier alpha value is -2.68. The maximum atomic E-state index is 11.4. The van der Waals surface area contributed by atoms with Crippen LogP contribution >= 0.6 is 0 Å². The third-order valence-electron chi connectivity index (χ3n) is 2.39. The van der Waals surface area contributed by atoms with Crippen molar-refractivity contribution in [2.45, 2.75) is 19.8 Å². The number of esters is 2. The van der Waals surface area contributed by atoms with E-state index in [1.54, 1.807) is 13.0 Å². The van der Waals surface area contributed by atoms with Crippen molar-refractivity contribution in [2.24, 2.45) is 0 Å². The van der Waals surface area contributed by atoms with Crippen LogP contribution in [-0.2, 0) is 28.7 Å². The molecule has 1 aliphatic rings. The van der Waals surface area contributed by atoms with Crippen molar-refractivity contribution in [1.82, 2.24) is 5.32 Å². The maximum Gasteiger partial charge on any atom is 0.336 e. The fourth-order valence-electron chi connectivity index (χ4n) is 1.29. The highest BCUT2D eigenvalue weighted by Crippen LogP contribution is 2.06. The largest absolute Gasteiger partial charge is 0.478 e. The average molecular weight is 329 g/mol. The van der Waals surface area contributed by atoms with Crippen molar-refractivity contribution in [3.63, 3.8) is 0 Å². The van der Waals surface area contributed by atoms with Crippen molar-refractivity contribution < 1.29 is 38.9 Å². The molecule has 0 spiro atoms. The van der Waals surface area contributed by atoms with E-state index in [4.69, 9.17) is 14.9 Å². The van der Waals surface area contributed by atoms with Crippen molar-refractivity contribution in [3.8, 4) is 0 Å². The molecule has 23 heavy (non-hydrogen) atoms. The smallest absolute Gasteiger partial charge is 0.336 e. The molecule has 1 aliphatic heterocycles. The minimum atomic E-state index is -1.26. The summed E-state index contributed by atoms with van der Waals surface area (Å²) in [5.74, 6) is -3.29. The zero-order valence-corrected chi connectivity index (χ0v) is 12.6. The fourth-order valence-corrected chi connectivity index (χ4v) is 1.29. The van der Waals surface area contributed by atoms with Crippen LogP contribution in [-0.4, -0.2) is 54.0 Å². The van der Waals surface area contributed by atoms with Crippen LogP contribution in [0.3, 0.4) is 0 Å². The number of nitrogens with one attached hydrogen (secondary N) is 1. The van der Waals surface area contributed by atoms with E-state index in [0.29, 0.717) is 30.7 Å². The monoisotopic (exact) mass is 329 g/mol. The molecule has 9 nitrogen and oxygen atoms in total. The van der Waals surface area contributed by atoms with E-state index in [9.17, 15) is 19.2 Å². The van der Waals surface area contributed by atoms with E-state index < -0.39 is 17.9 Å². The van der Waals surface area contributed by atoms with Crippen molar-refractivity contribution in [1.29, 1.82) is 0 Å². The molecule has 0 aromatic carbocycles. The van der Waals surface area contributed by atoms with Gasteiger partial charge in [0.25, 0.3) is 0 Å². The number of carbonyl (C=O) groups excluding carboxylic acids is 2. The number of carboxylic acids is 2. The van der Waals surface area contributed by atoms with E-state index in [0.717, 1.165) is 6.54 Å². The zero-order chi connectivity index (χ0) is 17.7. The fraction of sp³-hybridized carbons (Fsp3) is 0.429. The van der Waals surface area contributed by atoms with Gasteiger partial charge in [-0.05, 0) is 13.0 Å². The van der Waals surface area contributed by atoms with E-state index in [2.05, 4.69) is 10.1 Å². The number of carboxylic acid groups (broad SMARTS) is 2. The van der Waals surface area contributed by atoms with Gasteiger partial charge in [-0.25, -0.2) is 14.4 Å². The normalized spacial score (nSPS) is 13.3. The number of rotatable bonds is 6. The van der Waals surface area contributed by atoms with Gasteiger partial charge in [-0.3, -0.25) is 4.79 Å². The summed E-state index contributed by atoms with van der Waals surface area (Å²) in [6, 6.07) is 0. The number of ether oxygens (including phenoxy) is 2. The quantitative estimate of drug-likeness (QED) is 0.351. The van der Waals surface area contributed by atoms with Gasteiger partial charge in [-0.15, -0.1) is 0 Å². The lowest BCUT2D eigenvalue weighted by atomic mass is 10.1. The third kappa shape index (κ3) is 11.6. The van der Waals surface area contributed by atoms with Gasteiger partial charge in [0.15, 0.2) is 0 Å². The van der Waals surface area contributed by atoms with Crippen molar-refractivity contribution in [3.05, 3.63) is 23.8 Å². The van der Waals surface area contributed by atoms with Gasteiger partial charge < -0.3 is 25.0 Å². The Morgan fingerprint density at radius 1 is 1.17 bits per heavy atom. The van der Waals surface area contributed by atoms with Crippen LogP contribution in [0.1, 0.15) is 19.8 Å². The summed E-state index contributed by atoms with van der Waals surface area (Å²) >= 11 is 0. The van der Waals surface area contributed by atoms with Gasteiger partial charge in [0.05, 0.1) is 0 Å². The van der Waals surface area contributed by atoms with Gasteiger partial charge in [0, 0.05) is 30.7 Å². The molecule has 1 rings (SSSR count). The molecule has 0 fully saturated rings. The second-order valence-corrected chi connectivity index (χ2v) is 4.11. The molecule has 0 saturated heterocycles. The molecule has 0 atom stereocenters. The van der Waals surface area contributed by atoms with Crippen molar-refractivity contribution in [2.75, 3.05) is 19.9 Å². The van der Waals surface area contributed by atoms with Gasteiger partial charge >= 0.3 is 23.9 Å². The van der Waals surface area contributed by atoms with Crippen LogP contribution in [0.25, 0.3) is 0 Å². The molecule has 0 saturated carbocycles. The minimum absolute atomic E-state index is 0.282. The standard InChI is InChI=1S/C10H15NO4.C4H4O4/c1-2-9(12)14-7-15-10(13)8-3-5-11-6-4-8;5-3(6)1-2-4(7)8/h3,11H,2,4-7H2,1H3;1-2H,(H,5,6)(H,7,8)/b;2-1+. The van der Waals surface area contributed by atoms with Crippen LogP contribution in [0, 0.1) is 0 Å². The Bertz CT molecular complexity index is 479. The number of aliphatic carboxylic acids is 2. The molecule has 0 unspecified atom stereocenters. The van der Waals surface area contributed by atoms with Gasteiger partial charge in [-0.1, -0.05) is 13.0 Å². The van der Waals surface area contributed by atoms with Gasteiger partial charge in [0.2, 0.25) is 6.79 Å². The molecule has 0 bridgehead atoms. The summed E-state index contributed by atoms with van der Waals surface area (Å²) in [5.41, 5.74) is 0.640. The molecule has 3 N–H and O–H groups in total. The third-order valence-corrected chi connectivity index (χ3v) is 2.39. The molecule has 1 heterocycles. The second kappa shape index (κ2) is 11.9. The first-order chi connectivity index (χ1) is 10.9. The summed E-state index contributed by atoms with van der Waals surface area (Å²) in [5, 5.41) is 18.7. The molecule has 0 amide bonds. The van der Waals surface area contributed by atoms with E-state index in [1.807, 2.05) is 0 Å². The second-order valence-electron chi connectivity index (χ2n) is 4.11. The Kier molecular flexibility index (Phi) is 10.5. The predicted octanol–water partition coefficient (Wildman–Crippen LogP) is 0.0718. The average Bonchev–Trinajstić information content (AvgIpc) is 2.54. The molecular formula is C14H19NO8. The Morgan fingerprint density at radius 3 is 2.22 bits per heavy atom. The lowest BCUT2D eigenvalue weighted by molar-refractivity contribution is -0.164. The van der Waals surface area contributed by atoms with Gasteiger partial charge in [-0.2, -0.15) is 0 Å². The highest BCUT2D eigenvalue weighted by Gasteiger charge is 2.13. The SMILES string of the molecule is CCC(=O)OCOC(=O)C1=CCNCC1.O=C(O)/C=C/C(=O)O. The number of hydrogen-bond acceptors (Lipinski definition) is 7. The predicted molar refractivity (Wildman–Crippen MR) is 77.3 cm³/mol. The number of carbonyl (C=O) groups is 4. The van der Waals surface area contributed by atoms with Crippen LogP contribution in [0.5, 0.6) is 0 Å². The Labute approximate surface area is 132 Å². The summed E-state index contributed by atoms with van der Waals surface area (Å²) in [6.07, 6.45) is 3.84. The maximum absolute atomic E-state index is 11.4. The van der Waals surface area contributed by atoms with Crippen LogP contribution in [0.4, 0.5) is 0 Å². The molecule has 0 aromatic heterocycles. The Balaban J connectivity index is 0.000000515. The summed E-state index contributed by atoms with van der Waals surface area (Å²) in [7, 11) is 0. The molecule has 9 heteroatoms. The first-order valence-electron chi connectivity index (χ1n) is 6.73.